The lowest BCUT2D eigenvalue weighted by atomic mass is 10.2. The van der Waals surface area contributed by atoms with E-state index >= 15 is 0 Å². The summed E-state index contributed by atoms with van der Waals surface area (Å²) in [5.74, 6) is -8.88. The van der Waals surface area contributed by atoms with Crippen LogP contribution in [-0.4, -0.2) is 18.0 Å². The van der Waals surface area contributed by atoms with Crippen LogP contribution in [0.5, 0.6) is 0 Å². The zero-order valence-corrected chi connectivity index (χ0v) is 10.6. The molecule has 1 N–H and O–H groups in total. The fourth-order valence-corrected chi connectivity index (χ4v) is 1.50. The van der Waals surface area contributed by atoms with Crippen LogP contribution in [0.1, 0.15) is 5.56 Å². The number of nitrogens with one attached hydrogen (secondary N) is 1. The van der Waals surface area contributed by atoms with Gasteiger partial charge in [-0.25, -0.2) is 4.39 Å². The molecule has 0 unspecified atom stereocenters. The Labute approximate surface area is 111 Å². The Morgan fingerprint density at radius 1 is 1.21 bits per heavy atom. The van der Waals surface area contributed by atoms with Crippen LogP contribution in [0.2, 0.25) is 0 Å². The number of alkyl halides is 5. The van der Waals surface area contributed by atoms with E-state index in [2.05, 4.69) is 15.9 Å². The van der Waals surface area contributed by atoms with Gasteiger partial charge in [0, 0.05) is 16.6 Å². The molecule has 9 heteroatoms. The maximum absolute atomic E-state index is 13.2. The molecule has 0 heterocycles. The zero-order chi connectivity index (χ0) is 14.8. The van der Waals surface area contributed by atoms with Gasteiger partial charge < -0.3 is 5.32 Å². The molecule has 0 aliphatic heterocycles. The molecule has 0 aliphatic carbocycles. The SMILES string of the molecule is O=C(NCc1cc(Br)ccc1F)C(F)(F)C(F)(F)F. The van der Waals surface area contributed by atoms with Gasteiger partial charge in [0.25, 0.3) is 0 Å². The van der Waals surface area contributed by atoms with E-state index in [0.29, 0.717) is 4.47 Å². The fourth-order valence-electron chi connectivity index (χ4n) is 1.09. The van der Waals surface area contributed by atoms with Gasteiger partial charge in [-0.3, -0.25) is 4.79 Å². The van der Waals surface area contributed by atoms with Gasteiger partial charge in [-0.1, -0.05) is 15.9 Å². The van der Waals surface area contributed by atoms with Crippen LogP contribution in [0.3, 0.4) is 0 Å². The number of halogens is 7. The molecule has 2 nitrogen and oxygen atoms in total. The summed E-state index contributed by atoms with van der Waals surface area (Å²) in [4.78, 5) is 10.8. The molecule has 0 bridgehead atoms. The molecule has 0 saturated heterocycles. The number of carbonyl (C=O) groups excluding carboxylic acids is 1. The van der Waals surface area contributed by atoms with Gasteiger partial charge in [0.15, 0.2) is 0 Å². The minimum Gasteiger partial charge on any atom is -0.346 e. The Bertz CT molecular complexity index is 487. The molecule has 0 fully saturated rings. The number of amides is 1. The van der Waals surface area contributed by atoms with E-state index in [4.69, 9.17) is 0 Å². The van der Waals surface area contributed by atoms with Crippen LogP contribution in [-0.2, 0) is 11.3 Å². The highest BCUT2D eigenvalue weighted by molar-refractivity contribution is 9.10. The van der Waals surface area contributed by atoms with Crippen molar-refractivity contribution < 1.29 is 31.1 Å². The van der Waals surface area contributed by atoms with Crippen LogP contribution in [0.15, 0.2) is 22.7 Å². The predicted octanol–water partition coefficient (Wildman–Crippen LogP) is 3.40. The quantitative estimate of drug-likeness (QED) is 0.832. The topological polar surface area (TPSA) is 29.1 Å². The first kappa shape index (κ1) is 15.8. The van der Waals surface area contributed by atoms with Crippen molar-refractivity contribution >= 4 is 21.8 Å². The molecule has 1 aromatic carbocycles. The zero-order valence-electron chi connectivity index (χ0n) is 8.99. The third-order valence-electron chi connectivity index (χ3n) is 2.09. The van der Waals surface area contributed by atoms with E-state index in [-0.39, 0.29) is 5.56 Å². The standard InChI is InChI=1S/C10H6BrF6NO/c11-6-1-2-7(12)5(3-6)4-18-8(19)9(13,14)10(15,16)17/h1-3H,4H2,(H,18,19). The van der Waals surface area contributed by atoms with Crippen molar-refractivity contribution in [3.05, 3.63) is 34.1 Å². The molecule has 1 amide bonds. The van der Waals surface area contributed by atoms with Crippen LogP contribution in [0.25, 0.3) is 0 Å². The first-order chi connectivity index (χ1) is 8.55. The molecule has 1 aromatic rings. The second kappa shape index (κ2) is 5.40. The molecule has 0 aromatic heterocycles. The normalized spacial score (nSPS) is 12.4. The summed E-state index contributed by atoms with van der Waals surface area (Å²) in [5.41, 5.74) is -0.222. The van der Waals surface area contributed by atoms with Gasteiger partial charge in [0.1, 0.15) is 5.82 Å². The Morgan fingerprint density at radius 3 is 2.32 bits per heavy atom. The smallest absolute Gasteiger partial charge is 0.346 e. The fraction of sp³-hybridized carbons (Fsp3) is 0.300. The molecule has 0 atom stereocenters. The first-order valence-electron chi connectivity index (χ1n) is 4.72. The van der Waals surface area contributed by atoms with E-state index in [1.165, 1.54) is 11.4 Å². The average molecular weight is 350 g/mol. The summed E-state index contributed by atoms with van der Waals surface area (Å²) in [6, 6.07) is 3.44. The Hall–Kier alpha value is -1.25. The van der Waals surface area contributed by atoms with Crippen molar-refractivity contribution in [2.45, 2.75) is 18.6 Å². The number of carbonyl (C=O) groups is 1. The Kier molecular flexibility index (Phi) is 4.49. The molecular formula is C10H6BrF6NO. The summed E-state index contributed by atoms with van der Waals surface area (Å²) in [5, 5.41) is 1.34. The van der Waals surface area contributed by atoms with Crippen molar-refractivity contribution in [1.82, 2.24) is 5.32 Å². The summed E-state index contributed by atoms with van der Waals surface area (Å²) >= 11 is 2.97. The van der Waals surface area contributed by atoms with Gasteiger partial charge in [-0.2, -0.15) is 22.0 Å². The van der Waals surface area contributed by atoms with E-state index in [9.17, 15) is 31.1 Å². The molecule has 106 valence electrons. The maximum Gasteiger partial charge on any atom is 0.463 e. The molecule has 0 spiro atoms. The number of hydrogen-bond donors (Lipinski definition) is 1. The lowest BCUT2D eigenvalue weighted by Crippen LogP contribution is -2.50. The van der Waals surface area contributed by atoms with Crippen LogP contribution in [0.4, 0.5) is 26.3 Å². The van der Waals surface area contributed by atoms with Gasteiger partial charge in [-0.05, 0) is 18.2 Å². The Morgan fingerprint density at radius 2 is 1.79 bits per heavy atom. The summed E-state index contributed by atoms with van der Waals surface area (Å²) in [7, 11) is 0. The predicted molar refractivity (Wildman–Crippen MR) is 56.9 cm³/mol. The summed E-state index contributed by atoms with van der Waals surface area (Å²) < 4.78 is 74.3. The van der Waals surface area contributed by atoms with Crippen LogP contribution in [0, 0.1) is 5.82 Å². The Balaban J connectivity index is 2.77. The largest absolute Gasteiger partial charge is 0.463 e. The first-order valence-corrected chi connectivity index (χ1v) is 5.52. The molecule has 1 rings (SSSR count). The van der Waals surface area contributed by atoms with Crippen molar-refractivity contribution in [1.29, 1.82) is 0 Å². The van der Waals surface area contributed by atoms with Crippen LogP contribution < -0.4 is 5.32 Å². The van der Waals surface area contributed by atoms with E-state index in [0.717, 1.165) is 12.1 Å². The minimum absolute atomic E-state index is 0.222. The number of rotatable bonds is 3. The number of benzene rings is 1. The monoisotopic (exact) mass is 349 g/mol. The molecule has 0 saturated carbocycles. The van der Waals surface area contributed by atoms with Crippen molar-refractivity contribution in [3.8, 4) is 0 Å². The molecule has 0 aliphatic rings. The summed E-state index contributed by atoms with van der Waals surface area (Å²) in [6.45, 7) is -0.782. The lowest BCUT2D eigenvalue weighted by molar-refractivity contribution is -0.269. The second-order valence-corrected chi connectivity index (χ2v) is 4.41. The average Bonchev–Trinajstić information content (AvgIpc) is 2.28. The third-order valence-corrected chi connectivity index (χ3v) is 2.58. The van der Waals surface area contributed by atoms with Crippen LogP contribution >= 0.6 is 15.9 Å². The maximum atomic E-state index is 13.2. The highest BCUT2D eigenvalue weighted by atomic mass is 79.9. The lowest BCUT2D eigenvalue weighted by Gasteiger charge is -2.18. The van der Waals surface area contributed by atoms with E-state index in [1.807, 2.05) is 0 Å². The van der Waals surface area contributed by atoms with E-state index in [1.54, 1.807) is 0 Å². The minimum atomic E-state index is -5.99. The van der Waals surface area contributed by atoms with Crippen molar-refractivity contribution in [2.75, 3.05) is 0 Å². The molecule has 19 heavy (non-hydrogen) atoms. The molecular weight excluding hydrogens is 344 g/mol. The van der Waals surface area contributed by atoms with Crippen molar-refractivity contribution in [2.24, 2.45) is 0 Å². The van der Waals surface area contributed by atoms with Gasteiger partial charge in [-0.15, -0.1) is 0 Å². The van der Waals surface area contributed by atoms with E-state index < -0.39 is 30.4 Å². The number of hydrogen-bond acceptors (Lipinski definition) is 1. The summed E-state index contributed by atoms with van der Waals surface area (Å²) in [6.07, 6.45) is -5.99. The highest BCUT2D eigenvalue weighted by Gasteiger charge is 2.63. The van der Waals surface area contributed by atoms with Crippen molar-refractivity contribution in [3.63, 3.8) is 0 Å². The van der Waals surface area contributed by atoms with Gasteiger partial charge >= 0.3 is 18.0 Å². The highest BCUT2D eigenvalue weighted by Crippen LogP contribution is 2.35. The third kappa shape index (κ3) is 3.62. The van der Waals surface area contributed by atoms with Gasteiger partial charge in [0.05, 0.1) is 0 Å². The molecule has 0 radical (unpaired) electrons. The second-order valence-electron chi connectivity index (χ2n) is 3.49. The van der Waals surface area contributed by atoms with Gasteiger partial charge in [0.2, 0.25) is 0 Å².